The molecular formula is C12H15N5O3S. The molecule has 21 heavy (non-hydrogen) atoms. The summed E-state index contributed by atoms with van der Waals surface area (Å²) in [4.78, 5) is 6.67. The Morgan fingerprint density at radius 3 is 2.81 bits per heavy atom. The van der Waals surface area contributed by atoms with Crippen molar-refractivity contribution < 1.29 is 13.6 Å². The summed E-state index contributed by atoms with van der Waals surface area (Å²) >= 11 is 0. The van der Waals surface area contributed by atoms with Crippen LogP contribution >= 0.6 is 0 Å². The highest BCUT2D eigenvalue weighted by Crippen LogP contribution is 2.19. The molecular weight excluding hydrogens is 294 g/mol. The highest BCUT2D eigenvalue weighted by atomic mass is 32.2. The number of hydrogen-bond donors (Lipinski definition) is 4. The number of hydrogen-bond acceptors (Lipinski definition) is 5. The minimum absolute atomic E-state index is 0.0475. The Kier molecular flexibility index (Phi) is 4.13. The summed E-state index contributed by atoms with van der Waals surface area (Å²) in [6, 6.07) is 6.34. The van der Waals surface area contributed by atoms with Crippen molar-refractivity contribution in [1.29, 1.82) is 0 Å². The van der Waals surface area contributed by atoms with Gasteiger partial charge in [0.05, 0.1) is 11.9 Å². The van der Waals surface area contributed by atoms with Gasteiger partial charge in [0.15, 0.2) is 10.9 Å². The van der Waals surface area contributed by atoms with Gasteiger partial charge in [-0.3, -0.25) is 4.72 Å². The summed E-state index contributed by atoms with van der Waals surface area (Å²) in [5, 5.41) is 11.6. The quantitative estimate of drug-likeness (QED) is 0.281. The van der Waals surface area contributed by atoms with Crippen LogP contribution in [0.4, 0.5) is 5.69 Å². The summed E-state index contributed by atoms with van der Waals surface area (Å²) < 4.78 is 26.9. The number of H-pyrrole nitrogens is 1. The van der Waals surface area contributed by atoms with Crippen LogP contribution in [0, 0.1) is 0 Å². The Balaban J connectivity index is 2.37. The maximum atomic E-state index is 12.3. The predicted molar refractivity (Wildman–Crippen MR) is 77.7 cm³/mol. The van der Waals surface area contributed by atoms with Crippen LogP contribution in [0.3, 0.4) is 0 Å². The van der Waals surface area contributed by atoms with Gasteiger partial charge in [0.25, 0.3) is 10.0 Å². The first-order valence-corrected chi connectivity index (χ1v) is 7.60. The second-order valence-electron chi connectivity index (χ2n) is 4.18. The van der Waals surface area contributed by atoms with E-state index in [1.807, 2.05) is 6.92 Å². The lowest BCUT2D eigenvalue weighted by molar-refractivity contribution is 0.318. The molecule has 1 aromatic heterocycles. The molecule has 0 spiro atoms. The molecule has 0 aliphatic rings. The van der Waals surface area contributed by atoms with Crippen LogP contribution in [0.25, 0.3) is 0 Å². The van der Waals surface area contributed by atoms with Gasteiger partial charge in [0, 0.05) is 12.0 Å². The SMILES string of the molecule is CCc1ncc(S(=O)(=O)Nc2ccccc2C(N)=NO)[nH]1. The molecule has 0 saturated carbocycles. The first-order chi connectivity index (χ1) is 9.97. The number of nitrogens with two attached hydrogens (primary N) is 1. The number of aryl methyl sites for hydroxylation is 1. The van der Waals surface area contributed by atoms with E-state index in [1.54, 1.807) is 12.1 Å². The number of rotatable bonds is 5. The van der Waals surface area contributed by atoms with Crippen molar-refractivity contribution in [2.45, 2.75) is 18.4 Å². The van der Waals surface area contributed by atoms with Crippen molar-refractivity contribution in [3.63, 3.8) is 0 Å². The summed E-state index contributed by atoms with van der Waals surface area (Å²) in [6.45, 7) is 1.86. The number of aromatic amines is 1. The fourth-order valence-electron chi connectivity index (χ4n) is 1.71. The molecule has 9 heteroatoms. The average Bonchev–Trinajstić information content (AvgIpc) is 2.96. The summed E-state index contributed by atoms with van der Waals surface area (Å²) in [5.41, 5.74) is 6.01. The molecule has 8 nitrogen and oxygen atoms in total. The molecule has 0 aliphatic heterocycles. The Labute approximate surface area is 121 Å². The van der Waals surface area contributed by atoms with Crippen molar-refractivity contribution in [2.75, 3.05) is 4.72 Å². The Hall–Kier alpha value is -2.55. The van der Waals surface area contributed by atoms with Gasteiger partial charge in [0.2, 0.25) is 0 Å². The number of oxime groups is 1. The zero-order valence-electron chi connectivity index (χ0n) is 11.2. The van der Waals surface area contributed by atoms with E-state index in [1.165, 1.54) is 18.3 Å². The number of benzene rings is 1. The largest absolute Gasteiger partial charge is 0.409 e. The zero-order chi connectivity index (χ0) is 15.5. The van der Waals surface area contributed by atoms with Crippen molar-refractivity contribution in [3.8, 4) is 0 Å². The molecule has 0 unspecified atom stereocenters. The Morgan fingerprint density at radius 2 is 2.19 bits per heavy atom. The van der Waals surface area contributed by atoms with Crippen molar-refractivity contribution in [1.82, 2.24) is 9.97 Å². The van der Waals surface area contributed by atoms with Crippen LogP contribution in [0.2, 0.25) is 0 Å². The fraction of sp³-hybridized carbons (Fsp3) is 0.167. The van der Waals surface area contributed by atoms with E-state index in [2.05, 4.69) is 19.8 Å². The molecule has 5 N–H and O–H groups in total. The lowest BCUT2D eigenvalue weighted by Gasteiger charge is -2.10. The van der Waals surface area contributed by atoms with Crippen molar-refractivity contribution >= 4 is 21.5 Å². The second-order valence-corrected chi connectivity index (χ2v) is 5.83. The first kappa shape index (κ1) is 14.9. The van der Waals surface area contributed by atoms with E-state index in [4.69, 9.17) is 10.9 Å². The minimum Gasteiger partial charge on any atom is -0.409 e. The number of nitrogens with one attached hydrogen (secondary N) is 2. The van der Waals surface area contributed by atoms with Gasteiger partial charge in [0.1, 0.15) is 5.82 Å². The van der Waals surface area contributed by atoms with Crippen LogP contribution < -0.4 is 10.5 Å². The first-order valence-electron chi connectivity index (χ1n) is 6.11. The molecule has 0 saturated heterocycles. The maximum Gasteiger partial charge on any atom is 0.279 e. The summed E-state index contributed by atoms with van der Waals surface area (Å²) in [5.74, 6) is 0.382. The number of aromatic nitrogens is 2. The number of anilines is 1. The molecule has 112 valence electrons. The van der Waals surface area contributed by atoms with Gasteiger partial charge in [-0.05, 0) is 12.1 Å². The van der Waals surface area contributed by atoms with Crippen LogP contribution in [0.5, 0.6) is 0 Å². The number of amidine groups is 1. The zero-order valence-corrected chi connectivity index (χ0v) is 12.1. The van der Waals surface area contributed by atoms with E-state index in [9.17, 15) is 8.42 Å². The molecule has 1 aromatic carbocycles. The maximum absolute atomic E-state index is 12.3. The van der Waals surface area contributed by atoms with Crippen LogP contribution in [0.15, 0.2) is 40.6 Å². The monoisotopic (exact) mass is 309 g/mol. The van der Waals surface area contributed by atoms with Gasteiger partial charge < -0.3 is 15.9 Å². The Bertz CT molecular complexity index is 767. The molecule has 0 amide bonds. The van der Waals surface area contributed by atoms with Crippen molar-refractivity contribution in [3.05, 3.63) is 41.9 Å². The lowest BCUT2D eigenvalue weighted by Crippen LogP contribution is -2.19. The number of nitrogens with zero attached hydrogens (tertiary/aromatic N) is 2. The van der Waals surface area contributed by atoms with Gasteiger partial charge in [-0.15, -0.1) is 0 Å². The fourth-order valence-corrected chi connectivity index (χ4v) is 2.73. The number of imidazole rings is 1. The third kappa shape index (κ3) is 3.14. The van der Waals surface area contributed by atoms with E-state index < -0.39 is 10.0 Å². The highest BCUT2D eigenvalue weighted by Gasteiger charge is 2.19. The van der Waals surface area contributed by atoms with Gasteiger partial charge >= 0.3 is 0 Å². The molecule has 0 aliphatic carbocycles. The normalized spacial score (nSPS) is 12.3. The lowest BCUT2D eigenvalue weighted by atomic mass is 10.2. The smallest absolute Gasteiger partial charge is 0.279 e. The van der Waals surface area contributed by atoms with Crippen LogP contribution in [-0.2, 0) is 16.4 Å². The third-order valence-corrected chi connectivity index (χ3v) is 4.06. The van der Waals surface area contributed by atoms with Gasteiger partial charge in [-0.2, -0.15) is 8.42 Å². The van der Waals surface area contributed by atoms with Gasteiger partial charge in [-0.25, -0.2) is 4.98 Å². The van der Waals surface area contributed by atoms with Crippen LogP contribution in [0.1, 0.15) is 18.3 Å². The molecule has 0 fully saturated rings. The number of sulfonamides is 1. The van der Waals surface area contributed by atoms with Crippen LogP contribution in [-0.4, -0.2) is 29.4 Å². The molecule has 0 bridgehead atoms. The standard InChI is InChI=1S/C12H15N5O3S/c1-2-10-14-7-11(15-10)21(19,20)17-9-6-4-3-5-8(9)12(13)16-18/h3-7,17-18H,2H2,1H3,(H2,13,16)(H,14,15). The summed E-state index contributed by atoms with van der Waals surface area (Å²) in [6.07, 6.45) is 1.84. The number of para-hydroxylation sites is 1. The average molecular weight is 309 g/mol. The second kappa shape index (κ2) is 5.83. The van der Waals surface area contributed by atoms with Gasteiger partial charge in [-0.1, -0.05) is 24.2 Å². The van der Waals surface area contributed by atoms with E-state index >= 15 is 0 Å². The topological polar surface area (TPSA) is 133 Å². The molecule has 2 rings (SSSR count). The Morgan fingerprint density at radius 1 is 1.48 bits per heavy atom. The molecule has 0 radical (unpaired) electrons. The third-order valence-electron chi connectivity index (χ3n) is 2.78. The molecule has 1 heterocycles. The predicted octanol–water partition coefficient (Wildman–Crippen LogP) is 0.867. The van der Waals surface area contributed by atoms with Crippen molar-refractivity contribution in [2.24, 2.45) is 10.9 Å². The highest BCUT2D eigenvalue weighted by molar-refractivity contribution is 7.92. The molecule has 2 aromatic rings. The van der Waals surface area contributed by atoms with E-state index in [0.717, 1.165) is 0 Å². The van der Waals surface area contributed by atoms with E-state index in [0.29, 0.717) is 12.2 Å². The minimum atomic E-state index is -3.83. The molecule has 0 atom stereocenters. The van der Waals surface area contributed by atoms with E-state index in [-0.39, 0.29) is 22.1 Å². The summed E-state index contributed by atoms with van der Waals surface area (Å²) in [7, 11) is -3.83.